The molecule has 1 atom stereocenters. The van der Waals surface area contributed by atoms with Gasteiger partial charge in [-0.1, -0.05) is 38.1 Å². The molecular formula is C17H27ClN2O. The third kappa shape index (κ3) is 5.01. The molecule has 0 aliphatic carbocycles. The van der Waals surface area contributed by atoms with E-state index in [0.717, 1.165) is 25.9 Å². The molecule has 1 aliphatic heterocycles. The summed E-state index contributed by atoms with van der Waals surface area (Å²) in [4.78, 5) is 14.1. The summed E-state index contributed by atoms with van der Waals surface area (Å²) in [5, 5.41) is 3.30. The first-order chi connectivity index (χ1) is 9.58. The molecule has 0 saturated carbocycles. The Bertz CT molecular complexity index is 439. The van der Waals surface area contributed by atoms with Crippen molar-refractivity contribution in [3.8, 4) is 0 Å². The van der Waals surface area contributed by atoms with Gasteiger partial charge in [0.1, 0.15) is 0 Å². The Morgan fingerprint density at radius 1 is 1.33 bits per heavy atom. The smallest absolute Gasteiger partial charge is 0.222 e. The number of hydrogen-bond acceptors (Lipinski definition) is 2. The second-order valence-electron chi connectivity index (χ2n) is 6.05. The summed E-state index contributed by atoms with van der Waals surface area (Å²) in [7, 11) is 1.93. The molecule has 1 aromatic rings. The standard InChI is InChI=1S/C17H26N2O.ClH/c1-13(2)15-7-4-14(5-8-15)6-9-17(20)19(3)16-10-11-18-12-16;/h4-5,7-8,13,16,18H,6,9-12H2,1-3H3;1H. The molecule has 4 heteroatoms. The lowest BCUT2D eigenvalue weighted by Gasteiger charge is -2.23. The summed E-state index contributed by atoms with van der Waals surface area (Å²) in [6.45, 7) is 6.36. The Morgan fingerprint density at radius 2 is 2.00 bits per heavy atom. The molecule has 1 fully saturated rings. The van der Waals surface area contributed by atoms with Crippen LogP contribution in [0.1, 0.15) is 43.7 Å². The van der Waals surface area contributed by atoms with E-state index in [2.05, 4.69) is 43.4 Å². The van der Waals surface area contributed by atoms with E-state index >= 15 is 0 Å². The number of hydrogen-bond donors (Lipinski definition) is 1. The minimum absolute atomic E-state index is 0. The topological polar surface area (TPSA) is 32.3 Å². The summed E-state index contributed by atoms with van der Waals surface area (Å²) in [5.74, 6) is 0.818. The van der Waals surface area contributed by atoms with Crippen LogP contribution in [0.15, 0.2) is 24.3 Å². The van der Waals surface area contributed by atoms with Gasteiger partial charge in [-0.15, -0.1) is 12.4 Å². The zero-order valence-corrected chi connectivity index (χ0v) is 14.1. The number of rotatable bonds is 5. The molecule has 3 nitrogen and oxygen atoms in total. The predicted molar refractivity (Wildman–Crippen MR) is 90.1 cm³/mol. The molecule has 1 N–H and O–H groups in total. The number of aryl methyl sites for hydroxylation is 1. The Morgan fingerprint density at radius 3 is 2.52 bits per heavy atom. The fourth-order valence-electron chi connectivity index (χ4n) is 2.67. The molecule has 0 bridgehead atoms. The van der Waals surface area contributed by atoms with E-state index in [1.165, 1.54) is 11.1 Å². The van der Waals surface area contributed by atoms with Crippen LogP contribution in [0.4, 0.5) is 0 Å². The molecule has 1 amide bonds. The number of amides is 1. The second kappa shape index (κ2) is 8.40. The second-order valence-corrected chi connectivity index (χ2v) is 6.05. The van der Waals surface area contributed by atoms with E-state index in [4.69, 9.17) is 0 Å². The summed E-state index contributed by atoms with van der Waals surface area (Å²) < 4.78 is 0. The highest BCUT2D eigenvalue weighted by atomic mass is 35.5. The summed E-state index contributed by atoms with van der Waals surface area (Å²) >= 11 is 0. The van der Waals surface area contributed by atoms with Crippen molar-refractivity contribution in [1.82, 2.24) is 10.2 Å². The van der Waals surface area contributed by atoms with Crippen molar-refractivity contribution >= 4 is 18.3 Å². The van der Waals surface area contributed by atoms with Crippen LogP contribution in [0.5, 0.6) is 0 Å². The number of nitrogens with one attached hydrogen (secondary N) is 1. The highest BCUT2D eigenvalue weighted by molar-refractivity contribution is 5.85. The van der Waals surface area contributed by atoms with Gasteiger partial charge in [0.25, 0.3) is 0 Å². The summed E-state index contributed by atoms with van der Waals surface area (Å²) in [5.41, 5.74) is 2.61. The minimum atomic E-state index is 0. The SMILES string of the molecule is CC(C)c1ccc(CCC(=O)N(C)C2CCNC2)cc1.Cl. The van der Waals surface area contributed by atoms with Gasteiger partial charge in [-0.05, 0) is 36.4 Å². The quantitative estimate of drug-likeness (QED) is 0.907. The number of carbonyl (C=O) groups is 1. The largest absolute Gasteiger partial charge is 0.341 e. The van der Waals surface area contributed by atoms with Crippen LogP contribution in [0, 0.1) is 0 Å². The Balaban J connectivity index is 0.00000220. The molecule has 1 unspecified atom stereocenters. The van der Waals surface area contributed by atoms with Crippen LogP contribution in [0.25, 0.3) is 0 Å². The van der Waals surface area contributed by atoms with E-state index < -0.39 is 0 Å². The van der Waals surface area contributed by atoms with Crippen molar-refractivity contribution in [2.75, 3.05) is 20.1 Å². The van der Waals surface area contributed by atoms with Crippen LogP contribution < -0.4 is 5.32 Å². The molecule has 1 saturated heterocycles. The van der Waals surface area contributed by atoms with Gasteiger partial charge in [-0.25, -0.2) is 0 Å². The molecule has 2 rings (SSSR count). The van der Waals surface area contributed by atoms with Crippen molar-refractivity contribution in [2.45, 2.75) is 45.1 Å². The first-order valence-electron chi connectivity index (χ1n) is 7.63. The Hall–Kier alpha value is -1.06. The molecule has 21 heavy (non-hydrogen) atoms. The maximum atomic E-state index is 12.2. The van der Waals surface area contributed by atoms with Crippen LogP contribution in [-0.4, -0.2) is 37.0 Å². The molecule has 118 valence electrons. The van der Waals surface area contributed by atoms with Gasteiger partial charge in [-0.3, -0.25) is 4.79 Å². The van der Waals surface area contributed by atoms with Gasteiger partial charge < -0.3 is 10.2 Å². The monoisotopic (exact) mass is 310 g/mol. The molecule has 1 heterocycles. The third-order valence-corrected chi connectivity index (χ3v) is 4.25. The van der Waals surface area contributed by atoms with Gasteiger partial charge >= 0.3 is 0 Å². The highest BCUT2D eigenvalue weighted by Crippen LogP contribution is 2.16. The zero-order valence-electron chi connectivity index (χ0n) is 13.3. The fraction of sp³-hybridized carbons (Fsp3) is 0.588. The van der Waals surface area contributed by atoms with E-state index in [9.17, 15) is 4.79 Å². The van der Waals surface area contributed by atoms with E-state index in [0.29, 0.717) is 18.4 Å². The molecular weight excluding hydrogens is 284 g/mol. The maximum Gasteiger partial charge on any atom is 0.222 e. The predicted octanol–water partition coefficient (Wildman–Crippen LogP) is 2.98. The molecule has 0 spiro atoms. The van der Waals surface area contributed by atoms with Crippen molar-refractivity contribution < 1.29 is 4.79 Å². The zero-order chi connectivity index (χ0) is 14.5. The highest BCUT2D eigenvalue weighted by Gasteiger charge is 2.22. The van der Waals surface area contributed by atoms with Crippen LogP contribution in [-0.2, 0) is 11.2 Å². The summed E-state index contributed by atoms with van der Waals surface area (Å²) in [6.07, 6.45) is 2.51. The van der Waals surface area contributed by atoms with Crippen molar-refractivity contribution in [2.24, 2.45) is 0 Å². The number of carbonyl (C=O) groups excluding carboxylic acids is 1. The lowest BCUT2D eigenvalue weighted by molar-refractivity contribution is -0.131. The van der Waals surface area contributed by atoms with Crippen molar-refractivity contribution in [3.05, 3.63) is 35.4 Å². The van der Waals surface area contributed by atoms with Crippen LogP contribution in [0.2, 0.25) is 0 Å². The third-order valence-electron chi connectivity index (χ3n) is 4.25. The first kappa shape index (κ1) is 18.0. The average molecular weight is 311 g/mol. The summed E-state index contributed by atoms with van der Waals surface area (Å²) in [6, 6.07) is 9.04. The van der Waals surface area contributed by atoms with Crippen LogP contribution in [0.3, 0.4) is 0 Å². The lowest BCUT2D eigenvalue weighted by Crippen LogP contribution is -2.38. The normalized spacial score (nSPS) is 17.6. The molecule has 0 radical (unpaired) electrons. The lowest BCUT2D eigenvalue weighted by atomic mass is 10.00. The van der Waals surface area contributed by atoms with E-state index in [-0.39, 0.29) is 18.3 Å². The minimum Gasteiger partial charge on any atom is -0.341 e. The number of halogens is 1. The molecule has 1 aliphatic rings. The van der Waals surface area contributed by atoms with Crippen molar-refractivity contribution in [3.63, 3.8) is 0 Å². The van der Waals surface area contributed by atoms with E-state index in [1.54, 1.807) is 0 Å². The average Bonchev–Trinajstić information content (AvgIpc) is 2.98. The Kier molecular flexibility index (Phi) is 7.20. The maximum absolute atomic E-state index is 12.2. The van der Waals surface area contributed by atoms with Crippen molar-refractivity contribution in [1.29, 1.82) is 0 Å². The Labute approximate surface area is 134 Å². The van der Waals surface area contributed by atoms with E-state index in [1.807, 2.05) is 11.9 Å². The first-order valence-corrected chi connectivity index (χ1v) is 7.63. The van der Waals surface area contributed by atoms with Gasteiger partial charge in [-0.2, -0.15) is 0 Å². The number of nitrogens with zero attached hydrogens (tertiary/aromatic N) is 1. The number of benzene rings is 1. The van der Waals surface area contributed by atoms with Gasteiger partial charge in [0.05, 0.1) is 0 Å². The van der Waals surface area contributed by atoms with Crippen LogP contribution >= 0.6 is 12.4 Å². The molecule has 1 aromatic carbocycles. The number of likely N-dealkylation sites (N-methyl/N-ethyl adjacent to an activating group) is 1. The fourth-order valence-corrected chi connectivity index (χ4v) is 2.67. The molecule has 0 aromatic heterocycles. The van der Waals surface area contributed by atoms with Gasteiger partial charge in [0.2, 0.25) is 5.91 Å². The van der Waals surface area contributed by atoms with Gasteiger partial charge in [0.15, 0.2) is 0 Å². The van der Waals surface area contributed by atoms with Gasteiger partial charge in [0, 0.05) is 26.1 Å².